The lowest BCUT2D eigenvalue weighted by Gasteiger charge is -2.41. The first-order valence-electron chi connectivity index (χ1n) is 25.3. The minimum Gasteiger partial charge on any atom is -0.512 e. The van der Waals surface area contributed by atoms with E-state index in [9.17, 15) is 24.0 Å². The van der Waals surface area contributed by atoms with E-state index in [0.29, 0.717) is 48.2 Å². The number of rotatable bonds is 18. The highest BCUT2D eigenvalue weighted by Gasteiger charge is 2.47. The molecule has 13 heteroatoms. The molecule has 73 heavy (non-hydrogen) atoms. The number of aliphatic hydroxyl groups excluding tert-OH is 2. The number of anilines is 2. The highest BCUT2D eigenvalue weighted by molar-refractivity contribution is 7.81. The van der Waals surface area contributed by atoms with Crippen LogP contribution >= 0.6 is 0 Å². The SMILES string of the molecule is CCC[C@]1(CCc2ccccc2)CC(O)=C([C@H](c2cccc(N)c2)C(C)(C)C)C(=O)O1.CCC[C@]1(CCc2ccccc2)CC(O)=C([C@H](c2cccc(NS(=O)Oc3ccc(C#N)cn3)c2)C(C)(C)C)C(=O)O1. The van der Waals surface area contributed by atoms with Crippen molar-refractivity contribution in [3.05, 3.63) is 178 Å². The van der Waals surface area contributed by atoms with Crippen molar-refractivity contribution >= 4 is 34.6 Å². The van der Waals surface area contributed by atoms with Crippen molar-refractivity contribution in [1.29, 1.82) is 5.26 Å². The first-order chi connectivity index (χ1) is 34.7. The molecular weight excluding hydrogens is 937 g/mol. The molecule has 3 heterocycles. The van der Waals surface area contributed by atoms with Crippen molar-refractivity contribution < 1.29 is 37.7 Å². The van der Waals surface area contributed by atoms with Gasteiger partial charge in [0.15, 0.2) is 0 Å². The predicted molar refractivity (Wildman–Crippen MR) is 289 cm³/mol. The van der Waals surface area contributed by atoms with E-state index in [-0.39, 0.29) is 40.7 Å². The van der Waals surface area contributed by atoms with Crippen molar-refractivity contribution in [2.75, 3.05) is 10.5 Å². The van der Waals surface area contributed by atoms with E-state index in [1.165, 1.54) is 23.9 Å². The van der Waals surface area contributed by atoms with E-state index in [1.807, 2.05) is 93.6 Å². The summed E-state index contributed by atoms with van der Waals surface area (Å²) >= 11 is -1.97. The molecule has 1 aromatic heterocycles. The second-order valence-electron chi connectivity index (χ2n) is 21.5. The van der Waals surface area contributed by atoms with Gasteiger partial charge >= 0.3 is 23.2 Å². The molecule has 5 atom stereocenters. The Kier molecular flexibility index (Phi) is 18.4. The quantitative estimate of drug-likeness (QED) is 0.0482. The van der Waals surface area contributed by atoms with E-state index in [0.717, 1.165) is 48.8 Å². The highest BCUT2D eigenvalue weighted by atomic mass is 32.2. The highest BCUT2D eigenvalue weighted by Crippen LogP contribution is 2.49. The van der Waals surface area contributed by atoms with E-state index < -0.39 is 45.7 Å². The van der Waals surface area contributed by atoms with Gasteiger partial charge in [0.2, 0.25) is 5.88 Å². The number of carbonyl (C=O) groups excluding carboxylic acids is 2. The van der Waals surface area contributed by atoms with Gasteiger partial charge in [-0.15, -0.1) is 0 Å². The fraction of sp³-hybridized carbons (Fsp3) is 0.400. The van der Waals surface area contributed by atoms with Crippen LogP contribution in [-0.4, -0.2) is 42.5 Å². The standard InChI is InChI=1S/C33H37N3O5S.C27H35NO3/c1-5-17-33(18-16-23-10-7-6-8-11-23)20-27(37)29(31(38)40-33)30(32(2,3)4)25-12-9-13-26(19-25)36-42(39)41-28-15-14-24(21-34)22-35-28;1-5-15-27(16-14-19-10-7-6-8-11-19)18-22(29)23(25(30)31-27)24(26(2,3)4)20-12-9-13-21(28)17-20/h6-15,19,22,30,36-37H,5,16-18,20H2,1-4H3;6-13,17,24,29H,5,14-16,18,28H2,1-4H3/t30-,33-,42?;24-,27-/m00/s1. The first-order valence-corrected chi connectivity index (χ1v) is 26.3. The van der Waals surface area contributed by atoms with E-state index in [2.05, 4.69) is 68.6 Å². The largest absolute Gasteiger partial charge is 0.512 e. The summed E-state index contributed by atoms with van der Waals surface area (Å²) in [4.78, 5) is 31.1. The number of nitrogens with one attached hydrogen (secondary N) is 1. The number of nitrogens with zero attached hydrogens (tertiary/aromatic N) is 2. The zero-order chi connectivity index (χ0) is 53.0. The summed E-state index contributed by atoms with van der Waals surface area (Å²) in [5, 5.41) is 31.6. The van der Waals surface area contributed by atoms with Crippen molar-refractivity contribution in [1.82, 2.24) is 4.98 Å². The number of nitrogens with two attached hydrogens (primary N) is 1. The second kappa shape index (κ2) is 24.2. The van der Waals surface area contributed by atoms with Crippen LogP contribution in [0.2, 0.25) is 0 Å². The summed E-state index contributed by atoms with van der Waals surface area (Å²) in [6, 6.07) is 40.0. The smallest absolute Gasteiger partial charge is 0.338 e. The van der Waals surface area contributed by atoms with Gasteiger partial charge in [0.1, 0.15) is 28.8 Å². The van der Waals surface area contributed by atoms with Gasteiger partial charge in [0.05, 0.1) is 16.7 Å². The molecule has 7 rings (SSSR count). The summed E-state index contributed by atoms with van der Waals surface area (Å²) < 4.78 is 33.2. The van der Waals surface area contributed by atoms with E-state index in [4.69, 9.17) is 24.7 Å². The van der Waals surface area contributed by atoms with E-state index in [1.54, 1.807) is 18.2 Å². The monoisotopic (exact) mass is 1010 g/mol. The molecule has 1 unspecified atom stereocenters. The average Bonchev–Trinajstić information content (AvgIpc) is 3.33. The Labute approximate surface area is 434 Å². The third-order valence-corrected chi connectivity index (χ3v) is 14.2. The van der Waals surface area contributed by atoms with Gasteiger partial charge in [-0.1, -0.05) is 153 Å². The molecular formula is C60H72N4O8S. The van der Waals surface area contributed by atoms with Gasteiger partial charge in [0, 0.05) is 48.3 Å². The third-order valence-electron chi connectivity index (χ3n) is 13.5. The van der Waals surface area contributed by atoms with Crippen molar-refractivity contribution in [3.8, 4) is 11.9 Å². The molecule has 5 aromatic rings. The Bertz CT molecular complexity index is 2810. The first kappa shape index (κ1) is 55.4. The van der Waals surface area contributed by atoms with Crippen LogP contribution in [0, 0.1) is 22.2 Å². The number of aromatic nitrogens is 1. The number of cyclic esters (lactones) is 2. The van der Waals surface area contributed by atoms with Crippen molar-refractivity contribution in [2.45, 2.75) is 143 Å². The maximum absolute atomic E-state index is 13.7. The molecule has 0 fully saturated rings. The lowest BCUT2D eigenvalue weighted by molar-refractivity contribution is -0.162. The molecule has 0 aliphatic carbocycles. The van der Waals surface area contributed by atoms with Crippen LogP contribution in [0.5, 0.6) is 5.88 Å². The molecule has 0 amide bonds. The average molecular weight is 1010 g/mol. The van der Waals surface area contributed by atoms with Crippen LogP contribution in [0.4, 0.5) is 11.4 Å². The fourth-order valence-electron chi connectivity index (χ4n) is 10.3. The summed E-state index contributed by atoms with van der Waals surface area (Å²) in [6.07, 6.45) is 7.86. The zero-order valence-electron chi connectivity index (χ0n) is 43.6. The van der Waals surface area contributed by atoms with Crippen LogP contribution in [0.15, 0.2) is 150 Å². The topological polar surface area (TPSA) is 194 Å². The Morgan fingerprint density at radius 3 is 1.59 bits per heavy atom. The Morgan fingerprint density at radius 2 is 1.18 bits per heavy atom. The number of carbonyl (C=O) groups is 2. The number of pyridine rings is 1. The van der Waals surface area contributed by atoms with Crippen LogP contribution < -0.4 is 14.6 Å². The van der Waals surface area contributed by atoms with Gasteiger partial charge in [-0.25, -0.2) is 14.6 Å². The molecule has 0 spiro atoms. The number of esters is 2. The van der Waals surface area contributed by atoms with Gasteiger partial charge in [-0.05, 0) is 102 Å². The molecule has 5 N–H and O–H groups in total. The van der Waals surface area contributed by atoms with Crippen LogP contribution in [0.1, 0.15) is 146 Å². The number of hydrogen-bond acceptors (Lipinski definition) is 11. The molecule has 0 bridgehead atoms. The van der Waals surface area contributed by atoms with Gasteiger partial charge in [-0.2, -0.15) is 9.47 Å². The minimum atomic E-state index is -1.97. The van der Waals surface area contributed by atoms with Gasteiger partial charge < -0.3 is 29.6 Å². The molecule has 2 aliphatic heterocycles. The maximum Gasteiger partial charge on any atom is 0.338 e. The predicted octanol–water partition coefficient (Wildman–Crippen LogP) is 13.4. The van der Waals surface area contributed by atoms with Crippen LogP contribution in [-0.2, 0) is 43.2 Å². The van der Waals surface area contributed by atoms with Crippen LogP contribution in [0.3, 0.4) is 0 Å². The number of benzene rings is 4. The molecule has 386 valence electrons. The molecule has 0 radical (unpaired) electrons. The number of aliphatic hydroxyl groups is 2. The number of nitrogen functional groups attached to an aromatic ring is 1. The third kappa shape index (κ3) is 14.6. The Balaban J connectivity index is 0.000000249. The summed E-state index contributed by atoms with van der Waals surface area (Å²) in [5.41, 5.74) is 9.98. The lowest BCUT2D eigenvalue weighted by atomic mass is 9.70. The summed E-state index contributed by atoms with van der Waals surface area (Å²) in [7, 11) is 0. The number of hydrogen-bond donors (Lipinski definition) is 4. The lowest BCUT2D eigenvalue weighted by Crippen LogP contribution is -2.43. The normalized spacial score (nSPS) is 19.3. The Morgan fingerprint density at radius 1 is 0.699 bits per heavy atom. The molecule has 4 aromatic carbocycles. The van der Waals surface area contributed by atoms with Gasteiger partial charge in [0.25, 0.3) is 0 Å². The molecule has 0 saturated heterocycles. The number of aryl methyl sites for hydroxylation is 2. The molecule has 0 saturated carbocycles. The molecule has 2 aliphatic rings. The fourth-order valence-corrected chi connectivity index (χ4v) is 11.0. The zero-order valence-corrected chi connectivity index (χ0v) is 44.4. The summed E-state index contributed by atoms with van der Waals surface area (Å²) in [5.74, 6) is -1.39. The van der Waals surface area contributed by atoms with Crippen molar-refractivity contribution in [2.24, 2.45) is 10.8 Å². The van der Waals surface area contributed by atoms with Gasteiger partial charge in [-0.3, -0.25) is 4.72 Å². The molecule has 12 nitrogen and oxygen atoms in total. The summed E-state index contributed by atoms with van der Waals surface area (Å²) in [6.45, 7) is 16.4. The minimum absolute atomic E-state index is 0.0600. The second-order valence-corrected chi connectivity index (χ2v) is 22.3. The van der Waals surface area contributed by atoms with Crippen molar-refractivity contribution in [3.63, 3.8) is 0 Å². The number of nitriles is 1. The maximum atomic E-state index is 13.7. The Hall–Kier alpha value is -6.91. The van der Waals surface area contributed by atoms with E-state index >= 15 is 0 Å². The van der Waals surface area contributed by atoms with Crippen LogP contribution in [0.25, 0.3) is 0 Å². The number of ether oxygens (including phenoxy) is 2.